The molecule has 0 aromatic carbocycles. The molecule has 0 aromatic heterocycles. The summed E-state index contributed by atoms with van der Waals surface area (Å²) in [5.41, 5.74) is 0. The van der Waals surface area contributed by atoms with Crippen molar-refractivity contribution in [2.45, 2.75) is 393 Å². The lowest BCUT2D eigenvalue weighted by Gasteiger charge is -2.18. The van der Waals surface area contributed by atoms with Crippen molar-refractivity contribution < 1.29 is 28.6 Å². The second kappa shape index (κ2) is 70.6. The lowest BCUT2D eigenvalue weighted by Crippen LogP contribution is -2.30. The summed E-state index contributed by atoms with van der Waals surface area (Å²) in [6, 6.07) is 0. The Morgan fingerprint density at radius 1 is 0.244 bits per heavy atom. The number of rotatable bonds is 67. The zero-order valence-corrected chi connectivity index (χ0v) is 55.0. The first-order valence-corrected chi connectivity index (χ1v) is 36.3. The van der Waals surface area contributed by atoms with Gasteiger partial charge >= 0.3 is 17.9 Å². The number of carbonyl (C=O) groups excluding carboxylic acids is 3. The van der Waals surface area contributed by atoms with Crippen molar-refractivity contribution in [3.63, 3.8) is 0 Å². The van der Waals surface area contributed by atoms with Crippen molar-refractivity contribution >= 4 is 17.9 Å². The molecule has 6 heteroatoms. The molecule has 0 heterocycles. The van der Waals surface area contributed by atoms with Crippen molar-refractivity contribution in [1.29, 1.82) is 0 Å². The van der Waals surface area contributed by atoms with E-state index < -0.39 is 6.10 Å². The molecule has 0 aliphatic rings. The number of unbranched alkanes of at least 4 members (excludes halogenated alkanes) is 46. The third kappa shape index (κ3) is 67.9. The molecule has 1 unspecified atom stereocenters. The molecule has 0 aromatic rings. The van der Waals surface area contributed by atoms with E-state index in [1.54, 1.807) is 0 Å². The van der Waals surface area contributed by atoms with Crippen LogP contribution in [0.1, 0.15) is 387 Å². The van der Waals surface area contributed by atoms with Gasteiger partial charge in [-0.1, -0.05) is 326 Å². The molecule has 0 amide bonds. The molecule has 0 saturated carbocycles. The Balaban J connectivity index is 4.13. The van der Waals surface area contributed by atoms with Crippen molar-refractivity contribution in [2.75, 3.05) is 13.2 Å². The highest BCUT2D eigenvalue weighted by atomic mass is 16.6. The third-order valence-corrected chi connectivity index (χ3v) is 16.2. The van der Waals surface area contributed by atoms with Gasteiger partial charge in [-0.3, -0.25) is 14.4 Å². The van der Waals surface area contributed by atoms with Crippen molar-refractivity contribution in [2.24, 2.45) is 0 Å². The normalized spacial score (nSPS) is 12.4. The van der Waals surface area contributed by atoms with Crippen LogP contribution in [0.4, 0.5) is 0 Å². The molecule has 1 atom stereocenters. The summed E-state index contributed by atoms with van der Waals surface area (Å²) in [5, 5.41) is 0. The van der Waals surface area contributed by atoms with Gasteiger partial charge < -0.3 is 14.2 Å². The van der Waals surface area contributed by atoms with Gasteiger partial charge in [-0.15, -0.1) is 0 Å². The van der Waals surface area contributed by atoms with E-state index in [0.717, 1.165) is 83.5 Å². The molecule has 0 rings (SSSR count). The first-order chi connectivity index (χ1) is 40.5. The molecule has 0 bridgehead atoms. The summed E-state index contributed by atoms with van der Waals surface area (Å²) < 4.78 is 17.0. The lowest BCUT2D eigenvalue weighted by molar-refractivity contribution is -0.167. The van der Waals surface area contributed by atoms with Crippen LogP contribution in [0.5, 0.6) is 0 Å². The molecular formula is C76H138O6. The monoisotopic (exact) mass is 1150 g/mol. The highest BCUT2D eigenvalue weighted by Crippen LogP contribution is 2.18. The third-order valence-electron chi connectivity index (χ3n) is 16.2. The van der Waals surface area contributed by atoms with Crippen LogP contribution in [0.2, 0.25) is 0 Å². The standard InChI is InChI=1S/C76H138O6/c1-4-7-10-13-16-19-22-24-26-28-30-32-34-36-37-38-39-41-42-44-46-48-50-52-54-57-60-63-66-69-75(78)81-72-73(71-80-74(77)68-65-62-59-56-21-18-15-12-9-6-3)82-76(79)70-67-64-61-58-55-53-51-49-47-45-43-40-35-33-31-29-27-25-23-20-17-14-11-8-5-2/h12,15,22-25,28-31,73H,4-11,13-14,16-21,26-27,32-72H2,1-3H3/b15-12-,24-22-,25-23-,30-28-,31-29-. The molecule has 0 aliphatic heterocycles. The molecule has 478 valence electrons. The molecule has 0 aliphatic carbocycles. The van der Waals surface area contributed by atoms with Gasteiger partial charge in [-0.25, -0.2) is 0 Å². The summed E-state index contributed by atoms with van der Waals surface area (Å²) in [7, 11) is 0. The van der Waals surface area contributed by atoms with Crippen molar-refractivity contribution in [3.8, 4) is 0 Å². The Bertz CT molecular complexity index is 1460. The fourth-order valence-corrected chi connectivity index (χ4v) is 10.7. The minimum atomic E-state index is -0.777. The molecule has 0 saturated heterocycles. The SMILES string of the molecule is CCC/C=C\CCCCCCCC(=O)OCC(COC(=O)CCCCCCCCCCCCCCCCCCC/C=C\C/C=C\CCCCCCC)OC(=O)CCCCCCCCCCCCCCC/C=C\C/C=C\CCCCCCC. The Morgan fingerprint density at radius 3 is 0.732 bits per heavy atom. The van der Waals surface area contributed by atoms with E-state index in [1.165, 1.54) is 263 Å². The first kappa shape index (κ1) is 79.1. The van der Waals surface area contributed by atoms with Gasteiger partial charge in [0, 0.05) is 19.3 Å². The van der Waals surface area contributed by atoms with Crippen LogP contribution in [0, 0.1) is 0 Å². The number of hydrogen-bond donors (Lipinski definition) is 0. The Kier molecular flexibility index (Phi) is 68.1. The molecule has 6 nitrogen and oxygen atoms in total. The summed E-state index contributed by atoms with van der Waals surface area (Å²) in [6.07, 6.45) is 91.3. The first-order valence-electron chi connectivity index (χ1n) is 36.3. The fourth-order valence-electron chi connectivity index (χ4n) is 10.7. The molecule has 0 spiro atoms. The predicted octanol–water partition coefficient (Wildman–Crippen LogP) is 25.1. The second-order valence-corrected chi connectivity index (χ2v) is 24.5. The molecule has 0 N–H and O–H groups in total. The lowest BCUT2D eigenvalue weighted by atomic mass is 10.0. The van der Waals surface area contributed by atoms with Gasteiger partial charge in [0.15, 0.2) is 6.10 Å². The predicted molar refractivity (Wildman–Crippen MR) is 358 cm³/mol. The average molecular weight is 1150 g/mol. The van der Waals surface area contributed by atoms with Gasteiger partial charge in [0.2, 0.25) is 0 Å². The number of esters is 3. The van der Waals surface area contributed by atoms with Gasteiger partial charge in [-0.05, 0) is 103 Å². The zero-order valence-electron chi connectivity index (χ0n) is 55.0. The second-order valence-electron chi connectivity index (χ2n) is 24.5. The van der Waals surface area contributed by atoms with Crippen molar-refractivity contribution in [3.05, 3.63) is 60.8 Å². The molecule has 82 heavy (non-hydrogen) atoms. The summed E-state index contributed by atoms with van der Waals surface area (Å²) >= 11 is 0. The van der Waals surface area contributed by atoms with E-state index in [-0.39, 0.29) is 31.1 Å². The van der Waals surface area contributed by atoms with E-state index in [1.807, 2.05) is 0 Å². The van der Waals surface area contributed by atoms with E-state index >= 15 is 0 Å². The quantitative estimate of drug-likeness (QED) is 0.0261. The maximum atomic E-state index is 12.9. The van der Waals surface area contributed by atoms with E-state index in [9.17, 15) is 14.4 Å². The topological polar surface area (TPSA) is 78.9 Å². The maximum Gasteiger partial charge on any atom is 0.306 e. The smallest absolute Gasteiger partial charge is 0.306 e. The Hall–Kier alpha value is -2.89. The van der Waals surface area contributed by atoms with Gasteiger partial charge in [0.1, 0.15) is 13.2 Å². The van der Waals surface area contributed by atoms with Crippen LogP contribution in [0.3, 0.4) is 0 Å². The van der Waals surface area contributed by atoms with Crippen LogP contribution in [-0.4, -0.2) is 37.2 Å². The van der Waals surface area contributed by atoms with Crippen LogP contribution in [0.25, 0.3) is 0 Å². The van der Waals surface area contributed by atoms with E-state index in [0.29, 0.717) is 19.3 Å². The number of ether oxygens (including phenoxy) is 3. The highest BCUT2D eigenvalue weighted by Gasteiger charge is 2.19. The Morgan fingerprint density at radius 2 is 0.463 bits per heavy atom. The van der Waals surface area contributed by atoms with E-state index in [2.05, 4.69) is 81.5 Å². The molecule has 0 fully saturated rings. The molecule has 0 radical (unpaired) electrons. The number of hydrogen-bond acceptors (Lipinski definition) is 6. The number of carbonyl (C=O) groups is 3. The zero-order chi connectivity index (χ0) is 59.2. The van der Waals surface area contributed by atoms with Gasteiger partial charge in [-0.2, -0.15) is 0 Å². The van der Waals surface area contributed by atoms with Gasteiger partial charge in [0.05, 0.1) is 0 Å². The summed E-state index contributed by atoms with van der Waals surface area (Å²) in [5.74, 6) is -0.863. The highest BCUT2D eigenvalue weighted by molar-refractivity contribution is 5.71. The van der Waals surface area contributed by atoms with Crippen LogP contribution >= 0.6 is 0 Å². The molecular weight excluding hydrogens is 1010 g/mol. The van der Waals surface area contributed by atoms with Gasteiger partial charge in [0.25, 0.3) is 0 Å². The fraction of sp³-hybridized carbons (Fsp3) is 0.829. The maximum absolute atomic E-state index is 12.9. The van der Waals surface area contributed by atoms with Crippen LogP contribution in [-0.2, 0) is 28.6 Å². The minimum Gasteiger partial charge on any atom is -0.462 e. The Labute approximate surface area is 510 Å². The largest absolute Gasteiger partial charge is 0.462 e. The van der Waals surface area contributed by atoms with Crippen LogP contribution < -0.4 is 0 Å². The minimum absolute atomic E-state index is 0.0733. The van der Waals surface area contributed by atoms with Crippen LogP contribution in [0.15, 0.2) is 60.8 Å². The van der Waals surface area contributed by atoms with E-state index in [4.69, 9.17) is 14.2 Å². The summed E-state index contributed by atoms with van der Waals surface area (Å²) in [4.78, 5) is 38.4. The summed E-state index contributed by atoms with van der Waals surface area (Å²) in [6.45, 7) is 6.61. The number of allylic oxidation sites excluding steroid dienone is 10. The van der Waals surface area contributed by atoms with Crippen molar-refractivity contribution in [1.82, 2.24) is 0 Å². The average Bonchev–Trinajstić information content (AvgIpc) is 3.48.